The normalized spacial score (nSPS) is 16.4. The smallest absolute Gasteiger partial charge is 0.226 e. The molecule has 2 heterocycles. The predicted octanol–water partition coefficient (Wildman–Crippen LogP) is 4.03. The third-order valence-corrected chi connectivity index (χ3v) is 5.35. The molecule has 1 saturated heterocycles. The van der Waals surface area contributed by atoms with Crippen LogP contribution in [0.25, 0.3) is 0 Å². The van der Waals surface area contributed by atoms with Crippen molar-refractivity contribution in [1.82, 2.24) is 15.0 Å². The summed E-state index contributed by atoms with van der Waals surface area (Å²) in [6.45, 7) is 1.13. The molecule has 0 spiro atoms. The monoisotopic (exact) mass is 411 g/mol. The van der Waals surface area contributed by atoms with Crippen LogP contribution < -0.4 is 4.74 Å². The highest BCUT2D eigenvalue weighted by atomic mass is 35.5. The molecule has 4 rings (SSSR count). The van der Waals surface area contributed by atoms with Gasteiger partial charge in [0.15, 0.2) is 5.82 Å². The molecule has 7 heteroatoms. The van der Waals surface area contributed by atoms with E-state index in [2.05, 4.69) is 10.1 Å². The van der Waals surface area contributed by atoms with Gasteiger partial charge in [-0.2, -0.15) is 4.98 Å². The van der Waals surface area contributed by atoms with Gasteiger partial charge in [-0.15, -0.1) is 0 Å². The zero-order valence-corrected chi connectivity index (χ0v) is 16.9. The number of carbonyl (C=O) groups excluding carboxylic acids is 1. The summed E-state index contributed by atoms with van der Waals surface area (Å²) < 4.78 is 10.6. The molecule has 29 heavy (non-hydrogen) atoms. The topological polar surface area (TPSA) is 68.5 Å². The van der Waals surface area contributed by atoms with E-state index in [0.717, 1.165) is 17.7 Å². The van der Waals surface area contributed by atoms with E-state index in [0.29, 0.717) is 42.7 Å². The average molecular weight is 412 g/mol. The van der Waals surface area contributed by atoms with Gasteiger partial charge < -0.3 is 14.2 Å². The zero-order valence-electron chi connectivity index (χ0n) is 16.2. The highest BCUT2D eigenvalue weighted by molar-refractivity contribution is 6.30. The van der Waals surface area contributed by atoms with Crippen LogP contribution in [0.3, 0.4) is 0 Å². The summed E-state index contributed by atoms with van der Waals surface area (Å²) in [5.74, 6) is 2.09. The lowest BCUT2D eigenvalue weighted by molar-refractivity contribution is -0.128. The molecule has 0 aliphatic carbocycles. The van der Waals surface area contributed by atoms with E-state index in [4.69, 9.17) is 20.9 Å². The Kier molecular flexibility index (Phi) is 5.81. The van der Waals surface area contributed by atoms with Crippen molar-refractivity contribution in [3.8, 4) is 5.75 Å². The molecule has 1 aliphatic heterocycles. The maximum Gasteiger partial charge on any atom is 0.226 e. The Balaban J connectivity index is 1.34. The van der Waals surface area contributed by atoms with E-state index in [9.17, 15) is 4.79 Å². The number of carbonyl (C=O) groups is 1. The van der Waals surface area contributed by atoms with E-state index in [1.807, 2.05) is 53.4 Å². The molecule has 1 atom stereocenters. The minimum absolute atomic E-state index is 0.0415. The van der Waals surface area contributed by atoms with Gasteiger partial charge in [0.25, 0.3) is 0 Å². The summed E-state index contributed by atoms with van der Waals surface area (Å²) in [5.41, 5.74) is 2.19. The summed E-state index contributed by atoms with van der Waals surface area (Å²) in [6.07, 6.45) is 1.86. The molecule has 1 fully saturated rings. The molecule has 2 aromatic carbocycles. The number of hydrogen-bond donors (Lipinski definition) is 0. The number of hydrogen-bond acceptors (Lipinski definition) is 5. The second kappa shape index (κ2) is 8.66. The van der Waals surface area contributed by atoms with Crippen LogP contribution in [-0.2, 0) is 24.2 Å². The molecule has 0 bridgehead atoms. The van der Waals surface area contributed by atoms with Crippen molar-refractivity contribution >= 4 is 17.5 Å². The van der Waals surface area contributed by atoms with Gasteiger partial charge in [-0.3, -0.25) is 4.79 Å². The van der Waals surface area contributed by atoms with Gasteiger partial charge >= 0.3 is 0 Å². The van der Waals surface area contributed by atoms with E-state index in [1.165, 1.54) is 5.56 Å². The van der Waals surface area contributed by atoms with Gasteiger partial charge in [0, 0.05) is 36.9 Å². The van der Waals surface area contributed by atoms with Crippen molar-refractivity contribution in [1.29, 1.82) is 0 Å². The van der Waals surface area contributed by atoms with Crippen molar-refractivity contribution in [3.63, 3.8) is 0 Å². The van der Waals surface area contributed by atoms with Crippen molar-refractivity contribution in [3.05, 3.63) is 76.4 Å². The van der Waals surface area contributed by atoms with Gasteiger partial charge in [0.2, 0.25) is 11.8 Å². The molecule has 1 aromatic heterocycles. The molecule has 1 amide bonds. The minimum atomic E-state index is -0.0415. The fourth-order valence-electron chi connectivity index (χ4n) is 3.53. The van der Waals surface area contributed by atoms with Crippen LogP contribution >= 0.6 is 11.6 Å². The summed E-state index contributed by atoms with van der Waals surface area (Å²) >= 11 is 6.04. The fourth-order valence-corrected chi connectivity index (χ4v) is 3.75. The summed E-state index contributed by atoms with van der Waals surface area (Å²) in [4.78, 5) is 18.8. The maximum atomic E-state index is 12.4. The lowest BCUT2D eigenvalue weighted by Crippen LogP contribution is -2.24. The number of benzene rings is 2. The average Bonchev–Trinajstić information content (AvgIpc) is 3.34. The maximum absolute atomic E-state index is 12.4. The highest BCUT2D eigenvalue weighted by Gasteiger charge is 2.33. The lowest BCUT2D eigenvalue weighted by Gasteiger charge is -2.16. The van der Waals surface area contributed by atoms with Crippen molar-refractivity contribution in [2.75, 3.05) is 13.7 Å². The Morgan fingerprint density at radius 1 is 1.17 bits per heavy atom. The number of halogens is 1. The van der Waals surface area contributed by atoms with E-state index >= 15 is 0 Å². The molecule has 0 N–H and O–H groups in total. The SMILES string of the molecule is COc1ccc(CCc2nc(C3CC(=O)N(Cc4cccc(Cl)c4)C3)no2)cc1. The summed E-state index contributed by atoms with van der Waals surface area (Å²) in [5, 5.41) is 4.79. The highest BCUT2D eigenvalue weighted by Crippen LogP contribution is 2.28. The number of likely N-dealkylation sites (tertiary alicyclic amines) is 1. The van der Waals surface area contributed by atoms with Crippen molar-refractivity contribution in [2.45, 2.75) is 31.7 Å². The first kappa shape index (κ1) is 19.5. The first-order valence-electron chi connectivity index (χ1n) is 9.58. The third-order valence-electron chi connectivity index (χ3n) is 5.11. The second-order valence-corrected chi connectivity index (χ2v) is 7.64. The Labute approximate surface area is 174 Å². The molecular weight excluding hydrogens is 390 g/mol. The Morgan fingerprint density at radius 3 is 2.76 bits per heavy atom. The molecule has 0 radical (unpaired) electrons. The van der Waals surface area contributed by atoms with Crippen LogP contribution in [0.15, 0.2) is 53.1 Å². The number of aromatic nitrogens is 2. The van der Waals surface area contributed by atoms with Gasteiger partial charge in [-0.1, -0.05) is 41.0 Å². The lowest BCUT2D eigenvalue weighted by atomic mass is 10.1. The Morgan fingerprint density at radius 2 is 2.00 bits per heavy atom. The third kappa shape index (κ3) is 4.77. The zero-order chi connectivity index (χ0) is 20.2. The molecule has 3 aromatic rings. The standard InChI is InChI=1S/C22H22ClN3O3/c1-28-19-8-5-15(6-9-19)7-10-20-24-22(25-29-20)17-12-21(27)26(14-17)13-16-3-2-4-18(23)11-16/h2-6,8-9,11,17H,7,10,12-14H2,1H3. The second-order valence-electron chi connectivity index (χ2n) is 7.20. The van der Waals surface area contributed by atoms with Gasteiger partial charge in [0.1, 0.15) is 5.75 Å². The number of aryl methyl sites for hydroxylation is 2. The quantitative estimate of drug-likeness (QED) is 0.587. The first-order chi connectivity index (χ1) is 14.1. The van der Waals surface area contributed by atoms with Crippen LogP contribution in [0.2, 0.25) is 5.02 Å². The molecular formula is C22H22ClN3O3. The number of nitrogens with zero attached hydrogens (tertiary/aromatic N) is 3. The van der Waals surface area contributed by atoms with E-state index < -0.39 is 0 Å². The van der Waals surface area contributed by atoms with Gasteiger partial charge in [0.05, 0.1) is 7.11 Å². The number of methoxy groups -OCH3 is 1. The summed E-state index contributed by atoms with van der Waals surface area (Å²) in [6, 6.07) is 15.5. The van der Waals surface area contributed by atoms with E-state index in [1.54, 1.807) is 7.11 Å². The van der Waals surface area contributed by atoms with Crippen molar-refractivity contribution in [2.24, 2.45) is 0 Å². The molecule has 1 aliphatic rings. The first-order valence-corrected chi connectivity index (χ1v) is 9.96. The fraction of sp³-hybridized carbons (Fsp3) is 0.318. The predicted molar refractivity (Wildman–Crippen MR) is 109 cm³/mol. The van der Waals surface area contributed by atoms with Gasteiger partial charge in [-0.05, 0) is 41.8 Å². The van der Waals surface area contributed by atoms with E-state index in [-0.39, 0.29) is 11.8 Å². The Bertz CT molecular complexity index is 987. The van der Waals surface area contributed by atoms with Crippen LogP contribution in [0, 0.1) is 0 Å². The van der Waals surface area contributed by atoms with Crippen LogP contribution in [0.4, 0.5) is 0 Å². The number of rotatable bonds is 7. The molecule has 1 unspecified atom stereocenters. The van der Waals surface area contributed by atoms with Crippen LogP contribution in [0.1, 0.15) is 35.2 Å². The molecule has 150 valence electrons. The number of amides is 1. The molecule has 6 nitrogen and oxygen atoms in total. The van der Waals surface area contributed by atoms with Gasteiger partial charge in [-0.25, -0.2) is 0 Å². The Hall–Kier alpha value is -2.86. The van der Waals surface area contributed by atoms with Crippen LogP contribution in [0.5, 0.6) is 5.75 Å². The minimum Gasteiger partial charge on any atom is -0.497 e. The summed E-state index contributed by atoms with van der Waals surface area (Å²) in [7, 11) is 1.65. The molecule has 0 saturated carbocycles. The van der Waals surface area contributed by atoms with Crippen molar-refractivity contribution < 1.29 is 14.1 Å². The number of ether oxygens (including phenoxy) is 1. The largest absolute Gasteiger partial charge is 0.497 e. The van der Waals surface area contributed by atoms with Crippen LogP contribution in [-0.4, -0.2) is 34.6 Å².